The van der Waals surface area contributed by atoms with Crippen molar-refractivity contribution in [3.63, 3.8) is 0 Å². The van der Waals surface area contributed by atoms with Crippen molar-refractivity contribution in [1.82, 2.24) is 4.98 Å². The van der Waals surface area contributed by atoms with Gasteiger partial charge in [-0.05, 0) is 22.6 Å². The Balaban J connectivity index is 3.46. The minimum atomic E-state index is -1.04. The molecule has 0 saturated carbocycles. The third-order valence-corrected chi connectivity index (χ3v) is 3.35. The summed E-state index contributed by atoms with van der Waals surface area (Å²) < 4.78 is 25.1. The summed E-state index contributed by atoms with van der Waals surface area (Å²) >= 11 is 12.4. The topological polar surface area (TPSA) is 12.9 Å². The molecule has 0 radical (unpaired) electrons. The van der Waals surface area contributed by atoms with Gasteiger partial charge in [-0.15, -0.1) is 0 Å². The van der Waals surface area contributed by atoms with Crippen molar-refractivity contribution < 1.29 is 8.78 Å². The Morgan fingerprint density at radius 3 is 1.82 bits per heavy atom. The maximum Gasteiger partial charge on any atom is 0.235 e. The molecule has 6 heteroatoms. The number of hydrogen-bond acceptors (Lipinski definition) is 1. The highest BCUT2D eigenvalue weighted by Gasteiger charge is 2.14. The molecular formula is C5Cl2F2IN. The van der Waals surface area contributed by atoms with E-state index in [9.17, 15) is 8.78 Å². The second-order valence-corrected chi connectivity index (χ2v) is 3.47. The van der Waals surface area contributed by atoms with Gasteiger partial charge in [0.25, 0.3) is 0 Å². The monoisotopic (exact) mass is 309 g/mol. The molecule has 0 amide bonds. The van der Waals surface area contributed by atoms with E-state index in [1.165, 1.54) is 0 Å². The second kappa shape index (κ2) is 3.37. The van der Waals surface area contributed by atoms with Gasteiger partial charge in [-0.1, -0.05) is 23.2 Å². The normalized spacial score (nSPS) is 10.3. The van der Waals surface area contributed by atoms with Gasteiger partial charge in [-0.3, -0.25) is 0 Å². The third kappa shape index (κ3) is 1.73. The van der Waals surface area contributed by atoms with E-state index in [2.05, 4.69) is 4.98 Å². The molecule has 0 unspecified atom stereocenters. The van der Waals surface area contributed by atoms with Gasteiger partial charge in [0.2, 0.25) is 11.9 Å². The quantitative estimate of drug-likeness (QED) is 0.529. The van der Waals surface area contributed by atoms with Crippen molar-refractivity contribution in [2.45, 2.75) is 0 Å². The molecule has 0 aliphatic heterocycles. The number of hydrogen-bond donors (Lipinski definition) is 0. The fourth-order valence-electron chi connectivity index (χ4n) is 0.462. The maximum absolute atomic E-state index is 12.5. The van der Waals surface area contributed by atoms with E-state index in [1.54, 1.807) is 22.6 Å². The summed E-state index contributed by atoms with van der Waals surface area (Å²) in [5, 5.41) is -0.506. The molecule has 0 bridgehead atoms. The van der Waals surface area contributed by atoms with Crippen LogP contribution in [0.3, 0.4) is 0 Å². The van der Waals surface area contributed by atoms with E-state index in [-0.39, 0.29) is 13.6 Å². The lowest BCUT2D eigenvalue weighted by atomic mass is 10.5. The minimum Gasteiger partial charge on any atom is -0.188 e. The summed E-state index contributed by atoms with van der Waals surface area (Å²) in [5.74, 6) is -2.09. The molecule has 1 rings (SSSR count). The zero-order chi connectivity index (χ0) is 8.59. The molecule has 1 heterocycles. The van der Waals surface area contributed by atoms with Crippen LogP contribution in [0.15, 0.2) is 0 Å². The summed E-state index contributed by atoms with van der Waals surface area (Å²) in [6.07, 6.45) is 0. The first kappa shape index (κ1) is 9.41. The average Bonchev–Trinajstić information content (AvgIpc) is 1.97. The Morgan fingerprint density at radius 2 is 1.45 bits per heavy atom. The molecule has 11 heavy (non-hydrogen) atoms. The Bertz CT molecular complexity index is 279. The molecule has 0 fully saturated rings. The Hall–Kier alpha value is 0.320. The molecule has 0 aliphatic rings. The van der Waals surface area contributed by atoms with Crippen LogP contribution in [0.2, 0.25) is 10.0 Å². The van der Waals surface area contributed by atoms with Gasteiger partial charge in [0.05, 0.1) is 3.57 Å². The van der Waals surface area contributed by atoms with Crippen LogP contribution in [0.25, 0.3) is 0 Å². The standard InChI is InChI=1S/C5Cl2F2IN/c6-1-3(10)2(7)5(9)11-4(1)8. The highest BCUT2D eigenvalue weighted by molar-refractivity contribution is 14.1. The lowest BCUT2D eigenvalue weighted by molar-refractivity contribution is 0.512. The van der Waals surface area contributed by atoms with E-state index >= 15 is 0 Å². The van der Waals surface area contributed by atoms with Gasteiger partial charge in [-0.25, -0.2) is 0 Å². The molecule has 0 aliphatic carbocycles. The van der Waals surface area contributed by atoms with E-state index in [0.717, 1.165) is 0 Å². The molecule has 0 saturated heterocycles. The van der Waals surface area contributed by atoms with Gasteiger partial charge < -0.3 is 0 Å². The summed E-state index contributed by atoms with van der Waals surface area (Å²) in [6.45, 7) is 0. The number of nitrogens with zero attached hydrogens (tertiary/aromatic N) is 1. The molecule has 0 aromatic carbocycles. The van der Waals surface area contributed by atoms with Crippen molar-refractivity contribution in [1.29, 1.82) is 0 Å². The van der Waals surface area contributed by atoms with E-state index < -0.39 is 11.9 Å². The molecule has 0 atom stereocenters. The highest BCUT2D eigenvalue weighted by atomic mass is 127. The number of rotatable bonds is 0. The third-order valence-electron chi connectivity index (χ3n) is 0.944. The summed E-state index contributed by atoms with van der Waals surface area (Å²) in [6, 6.07) is 0. The van der Waals surface area contributed by atoms with Crippen LogP contribution >= 0.6 is 45.8 Å². The maximum atomic E-state index is 12.5. The number of pyridine rings is 1. The first-order chi connectivity index (χ1) is 5.04. The fraction of sp³-hybridized carbons (Fsp3) is 0. The molecule has 1 nitrogen and oxygen atoms in total. The lowest BCUT2D eigenvalue weighted by Crippen LogP contribution is -1.94. The van der Waals surface area contributed by atoms with Gasteiger partial charge in [-0.2, -0.15) is 13.8 Å². The number of aromatic nitrogens is 1. The van der Waals surface area contributed by atoms with Gasteiger partial charge in [0.1, 0.15) is 10.0 Å². The number of halogens is 5. The van der Waals surface area contributed by atoms with Crippen LogP contribution in [0.4, 0.5) is 8.78 Å². The van der Waals surface area contributed by atoms with Gasteiger partial charge in [0, 0.05) is 0 Å². The first-order valence-corrected chi connectivity index (χ1v) is 4.23. The van der Waals surface area contributed by atoms with Crippen molar-refractivity contribution in [3.8, 4) is 0 Å². The fourth-order valence-corrected chi connectivity index (χ4v) is 1.23. The lowest BCUT2D eigenvalue weighted by Gasteiger charge is -1.99. The molecule has 1 aromatic heterocycles. The predicted octanol–water partition coefficient (Wildman–Crippen LogP) is 3.27. The Kier molecular flexibility index (Phi) is 2.88. The van der Waals surface area contributed by atoms with Crippen LogP contribution in [0.5, 0.6) is 0 Å². The van der Waals surface area contributed by atoms with Crippen molar-refractivity contribution >= 4 is 45.8 Å². The summed E-state index contributed by atoms with van der Waals surface area (Å²) in [5.41, 5.74) is 0. The summed E-state index contributed by atoms with van der Waals surface area (Å²) in [7, 11) is 0. The molecule has 0 N–H and O–H groups in total. The van der Waals surface area contributed by atoms with Crippen molar-refractivity contribution in [3.05, 3.63) is 25.5 Å². The largest absolute Gasteiger partial charge is 0.235 e. The van der Waals surface area contributed by atoms with Gasteiger partial charge >= 0.3 is 0 Å². The molecule has 1 aromatic rings. The van der Waals surface area contributed by atoms with Crippen LogP contribution in [-0.2, 0) is 0 Å². The van der Waals surface area contributed by atoms with Crippen LogP contribution in [0, 0.1) is 15.5 Å². The zero-order valence-corrected chi connectivity index (χ0v) is 8.51. The smallest absolute Gasteiger partial charge is 0.188 e. The van der Waals surface area contributed by atoms with Crippen LogP contribution < -0.4 is 0 Å². The van der Waals surface area contributed by atoms with Crippen molar-refractivity contribution in [2.24, 2.45) is 0 Å². The zero-order valence-electron chi connectivity index (χ0n) is 4.84. The van der Waals surface area contributed by atoms with Gasteiger partial charge in [0.15, 0.2) is 0 Å². The highest BCUT2D eigenvalue weighted by Crippen LogP contribution is 2.28. The predicted molar refractivity (Wildman–Crippen MR) is 46.9 cm³/mol. The SMILES string of the molecule is Fc1nc(F)c(Cl)c(I)c1Cl. The molecular weight excluding hydrogens is 310 g/mol. The Labute approximate surface area is 84.9 Å². The van der Waals surface area contributed by atoms with E-state index in [1.807, 2.05) is 0 Å². The molecule has 60 valence electrons. The molecule has 0 spiro atoms. The average molecular weight is 310 g/mol. The minimum absolute atomic E-state index is 0.135. The van der Waals surface area contributed by atoms with Crippen LogP contribution in [-0.4, -0.2) is 4.98 Å². The Morgan fingerprint density at radius 1 is 1.09 bits per heavy atom. The summed E-state index contributed by atoms with van der Waals surface area (Å²) in [4.78, 5) is 2.83. The van der Waals surface area contributed by atoms with Crippen molar-refractivity contribution in [2.75, 3.05) is 0 Å². The van der Waals surface area contributed by atoms with E-state index in [0.29, 0.717) is 0 Å². The second-order valence-electron chi connectivity index (χ2n) is 1.64. The van der Waals surface area contributed by atoms with Crippen LogP contribution in [0.1, 0.15) is 0 Å². The van der Waals surface area contributed by atoms with E-state index in [4.69, 9.17) is 23.2 Å². The first-order valence-electron chi connectivity index (χ1n) is 2.39.